The number of carbonyl (C=O) groups excluding carboxylic acids is 3. The number of methoxy groups -OCH3 is 1. The molecule has 1 aliphatic heterocycles. The van der Waals surface area contributed by atoms with Gasteiger partial charge in [0.1, 0.15) is 28.2 Å². The molecule has 278 valence electrons. The smallest absolute Gasteiger partial charge is 0.408 e. The molecular formula is C39H43ClN6O6S. The quantitative estimate of drug-likeness (QED) is 0.0962. The molecule has 0 unspecified atom stereocenters. The van der Waals surface area contributed by atoms with Crippen LogP contribution in [0.5, 0.6) is 5.75 Å². The number of aryl methyl sites for hydroxylation is 2. The second kappa shape index (κ2) is 17.1. The number of esters is 1. The molecule has 4 aromatic rings. The number of nitrogens with one attached hydrogen (secondary N) is 2. The standard InChI is InChI=1S/C39H43ClN6O6S/c1-23-24(2)53-36-33(23)34(26-12-14-28(40)15-13-26)43-31(35-45-44-25(3)46(35)36)22-32(47)41-18-8-9-20-51-29-16-17-30(37(48)50-7)27(21-29)11-10-19-42-38(49)52-39(4,5)6/h12-17,21,31H,8-9,18-20,22H2,1-7H3,(H,41,47)(H,42,49)/t31-/m0/s1. The van der Waals surface area contributed by atoms with E-state index in [0.29, 0.717) is 48.2 Å². The summed E-state index contributed by atoms with van der Waals surface area (Å²) in [6, 6.07) is 11.9. The van der Waals surface area contributed by atoms with E-state index in [2.05, 4.69) is 46.5 Å². The number of fused-ring (bicyclic) bond motifs is 3. The normalized spacial score (nSPS) is 13.4. The molecule has 1 atom stereocenters. The van der Waals surface area contributed by atoms with Crippen LogP contribution < -0.4 is 15.4 Å². The molecule has 2 amide bonds. The number of rotatable bonds is 11. The van der Waals surface area contributed by atoms with Crippen molar-refractivity contribution in [1.82, 2.24) is 25.4 Å². The highest BCUT2D eigenvalue weighted by Crippen LogP contribution is 2.39. The minimum absolute atomic E-state index is 0.0253. The van der Waals surface area contributed by atoms with Crippen LogP contribution in [0.2, 0.25) is 5.02 Å². The second-order valence-electron chi connectivity index (χ2n) is 13.4. The van der Waals surface area contributed by atoms with E-state index in [1.165, 1.54) is 12.0 Å². The van der Waals surface area contributed by atoms with Gasteiger partial charge >= 0.3 is 12.1 Å². The zero-order valence-corrected chi connectivity index (χ0v) is 32.5. The summed E-state index contributed by atoms with van der Waals surface area (Å²) in [5.74, 6) is 6.93. The third-order valence-corrected chi connectivity index (χ3v) is 9.68. The number of unbranched alkanes of at least 4 members (excludes halogenated alkanes) is 1. The summed E-state index contributed by atoms with van der Waals surface area (Å²) in [5.41, 5.74) is 3.89. The average molecular weight is 759 g/mol. The van der Waals surface area contributed by atoms with Gasteiger partial charge in [-0.1, -0.05) is 35.6 Å². The maximum atomic E-state index is 13.3. The second-order valence-corrected chi connectivity index (χ2v) is 15.0. The van der Waals surface area contributed by atoms with E-state index in [1.807, 2.05) is 35.8 Å². The lowest BCUT2D eigenvalue weighted by Gasteiger charge is -2.19. The van der Waals surface area contributed by atoms with Crippen molar-refractivity contribution < 1.29 is 28.6 Å². The van der Waals surface area contributed by atoms with Crippen molar-refractivity contribution in [2.24, 2.45) is 4.99 Å². The number of amides is 2. The molecule has 0 aliphatic carbocycles. The molecule has 1 aliphatic rings. The molecule has 14 heteroatoms. The highest BCUT2D eigenvalue weighted by Gasteiger charge is 2.32. The monoisotopic (exact) mass is 758 g/mol. The van der Waals surface area contributed by atoms with Crippen molar-refractivity contribution >= 4 is 46.6 Å². The minimum atomic E-state index is -0.629. The number of thiophene rings is 1. The first-order valence-electron chi connectivity index (χ1n) is 17.2. The van der Waals surface area contributed by atoms with Crippen LogP contribution in [0.15, 0.2) is 47.5 Å². The Kier molecular flexibility index (Phi) is 12.6. The fourth-order valence-electron chi connectivity index (χ4n) is 5.60. The molecule has 5 rings (SSSR count). The summed E-state index contributed by atoms with van der Waals surface area (Å²) < 4.78 is 18.1. The van der Waals surface area contributed by atoms with Gasteiger partial charge in [0.05, 0.1) is 38.0 Å². The van der Waals surface area contributed by atoms with E-state index >= 15 is 0 Å². The zero-order chi connectivity index (χ0) is 38.3. The molecule has 0 spiro atoms. The Morgan fingerprint density at radius 2 is 1.77 bits per heavy atom. The van der Waals surface area contributed by atoms with Crippen LogP contribution in [-0.4, -0.2) is 70.9 Å². The molecule has 2 aromatic carbocycles. The van der Waals surface area contributed by atoms with Crippen LogP contribution in [-0.2, 0) is 14.3 Å². The number of benzene rings is 2. The van der Waals surface area contributed by atoms with Crippen molar-refractivity contribution in [2.75, 3.05) is 26.8 Å². The lowest BCUT2D eigenvalue weighted by Crippen LogP contribution is -2.32. The van der Waals surface area contributed by atoms with Gasteiger partial charge in [-0.05, 0) is 90.3 Å². The summed E-state index contributed by atoms with van der Waals surface area (Å²) in [6.45, 7) is 12.2. The Labute approximate surface area is 318 Å². The van der Waals surface area contributed by atoms with Crippen LogP contribution in [0.3, 0.4) is 0 Å². The molecule has 3 heterocycles. The van der Waals surface area contributed by atoms with E-state index in [9.17, 15) is 14.4 Å². The Morgan fingerprint density at radius 3 is 2.49 bits per heavy atom. The molecule has 0 fully saturated rings. The largest absolute Gasteiger partial charge is 0.494 e. The number of alkyl carbamates (subject to hydrolysis) is 1. The topological polar surface area (TPSA) is 146 Å². The molecular weight excluding hydrogens is 716 g/mol. The van der Waals surface area contributed by atoms with Crippen molar-refractivity contribution in [2.45, 2.75) is 72.4 Å². The van der Waals surface area contributed by atoms with Crippen LogP contribution in [0, 0.1) is 32.6 Å². The predicted octanol–water partition coefficient (Wildman–Crippen LogP) is 6.83. The summed E-state index contributed by atoms with van der Waals surface area (Å²) >= 11 is 7.88. The maximum absolute atomic E-state index is 13.3. The Balaban J connectivity index is 1.18. The predicted molar refractivity (Wildman–Crippen MR) is 205 cm³/mol. The van der Waals surface area contributed by atoms with Gasteiger partial charge in [0.25, 0.3) is 0 Å². The van der Waals surface area contributed by atoms with Gasteiger partial charge in [-0.2, -0.15) is 0 Å². The average Bonchev–Trinajstić information content (AvgIpc) is 3.59. The van der Waals surface area contributed by atoms with E-state index < -0.39 is 23.7 Å². The molecule has 0 saturated carbocycles. The number of carbonyl (C=O) groups is 3. The van der Waals surface area contributed by atoms with E-state index in [-0.39, 0.29) is 24.4 Å². The highest BCUT2D eigenvalue weighted by molar-refractivity contribution is 7.15. The van der Waals surface area contributed by atoms with Crippen molar-refractivity contribution in [3.05, 3.63) is 91.8 Å². The van der Waals surface area contributed by atoms with E-state index in [1.54, 1.807) is 50.3 Å². The van der Waals surface area contributed by atoms with E-state index in [0.717, 1.165) is 33.2 Å². The Morgan fingerprint density at radius 1 is 1.02 bits per heavy atom. The van der Waals surface area contributed by atoms with Gasteiger partial charge in [0.2, 0.25) is 5.91 Å². The number of aromatic nitrogens is 3. The minimum Gasteiger partial charge on any atom is -0.494 e. The van der Waals surface area contributed by atoms with Crippen molar-refractivity contribution in [1.29, 1.82) is 0 Å². The fraction of sp³-hybridized carbons (Fsp3) is 0.385. The first-order valence-corrected chi connectivity index (χ1v) is 18.4. The number of halogens is 1. The molecule has 53 heavy (non-hydrogen) atoms. The summed E-state index contributed by atoms with van der Waals surface area (Å²) in [6.07, 6.45) is 0.845. The van der Waals surface area contributed by atoms with Gasteiger partial charge in [-0.25, -0.2) is 9.59 Å². The lowest BCUT2D eigenvalue weighted by molar-refractivity contribution is -0.121. The third kappa shape index (κ3) is 9.82. The molecule has 0 saturated heterocycles. The van der Waals surface area contributed by atoms with Crippen LogP contribution in [0.25, 0.3) is 5.00 Å². The van der Waals surface area contributed by atoms with Gasteiger partial charge < -0.3 is 24.8 Å². The van der Waals surface area contributed by atoms with Crippen molar-refractivity contribution in [3.8, 4) is 22.6 Å². The van der Waals surface area contributed by atoms with Gasteiger partial charge in [0.15, 0.2) is 5.82 Å². The number of hydrogen-bond acceptors (Lipinski definition) is 10. The SMILES string of the molecule is COC(=O)c1ccc(OCCCCNC(=O)C[C@@H]2N=C(c3ccc(Cl)cc3)c3c(sc(C)c3C)-n3c(C)nnc32)cc1C#CCNC(=O)OC(C)(C)C. The van der Waals surface area contributed by atoms with Crippen LogP contribution in [0.4, 0.5) is 4.79 Å². The molecule has 12 nitrogen and oxygen atoms in total. The summed E-state index contributed by atoms with van der Waals surface area (Å²) in [4.78, 5) is 43.9. The maximum Gasteiger partial charge on any atom is 0.408 e. The van der Waals surface area contributed by atoms with Gasteiger partial charge in [-0.3, -0.25) is 14.4 Å². The van der Waals surface area contributed by atoms with Gasteiger partial charge in [0, 0.05) is 33.1 Å². The molecule has 0 bridgehead atoms. The van der Waals surface area contributed by atoms with Crippen LogP contribution >= 0.6 is 22.9 Å². The number of aliphatic imine (C=N–C) groups is 1. The number of nitrogens with zero attached hydrogens (tertiary/aromatic N) is 4. The van der Waals surface area contributed by atoms with Crippen LogP contribution in [0.1, 0.15) is 95.2 Å². The zero-order valence-electron chi connectivity index (χ0n) is 30.9. The highest BCUT2D eigenvalue weighted by atomic mass is 35.5. The Bertz CT molecular complexity index is 2090. The fourth-order valence-corrected chi connectivity index (χ4v) is 6.94. The van der Waals surface area contributed by atoms with Crippen molar-refractivity contribution in [3.63, 3.8) is 0 Å². The third-order valence-electron chi connectivity index (χ3n) is 8.24. The lowest BCUT2D eigenvalue weighted by atomic mass is 9.99. The summed E-state index contributed by atoms with van der Waals surface area (Å²) in [5, 5.41) is 16.1. The molecule has 2 aromatic heterocycles. The van der Waals surface area contributed by atoms with Gasteiger partial charge in [-0.15, -0.1) is 21.5 Å². The van der Waals surface area contributed by atoms with E-state index in [4.69, 9.17) is 30.8 Å². The molecule has 2 N–H and O–H groups in total. The number of hydrogen-bond donors (Lipinski definition) is 2. The first-order chi connectivity index (χ1) is 25.3. The number of ether oxygens (including phenoxy) is 3. The molecule has 0 radical (unpaired) electrons. The summed E-state index contributed by atoms with van der Waals surface area (Å²) in [7, 11) is 1.29. The Hall–Kier alpha value is -5.19. The first kappa shape index (κ1) is 39.0.